The smallest absolute Gasteiger partial charge is 0.268 e. The van der Waals surface area contributed by atoms with E-state index >= 15 is 0 Å². The largest absolute Gasteiger partial charge is 0.314 e. The highest BCUT2D eigenvalue weighted by molar-refractivity contribution is 8.02. The number of halogens is 1. The van der Waals surface area contributed by atoms with Gasteiger partial charge in [-0.1, -0.05) is 43.2 Å². The van der Waals surface area contributed by atoms with Crippen LogP contribution in [-0.2, 0) is 21.0 Å². The zero-order chi connectivity index (χ0) is 21.8. The first kappa shape index (κ1) is 20.6. The van der Waals surface area contributed by atoms with Gasteiger partial charge < -0.3 is 9.80 Å². The molecule has 31 heavy (non-hydrogen) atoms. The first-order chi connectivity index (χ1) is 14.8. The molecule has 0 aromatic heterocycles. The van der Waals surface area contributed by atoms with Crippen molar-refractivity contribution in [3.63, 3.8) is 0 Å². The maximum Gasteiger partial charge on any atom is 0.268 e. The number of fused-ring (bicyclic) bond motifs is 2. The molecule has 6 heteroatoms. The lowest BCUT2D eigenvalue weighted by Gasteiger charge is -2.34. The Labute approximate surface area is 186 Å². The van der Waals surface area contributed by atoms with E-state index in [-0.39, 0.29) is 28.3 Å². The van der Waals surface area contributed by atoms with Gasteiger partial charge in [0.2, 0.25) is 5.91 Å². The van der Waals surface area contributed by atoms with Crippen LogP contribution >= 0.6 is 11.8 Å². The number of nitrogens with zero attached hydrogens (tertiary/aromatic N) is 2. The summed E-state index contributed by atoms with van der Waals surface area (Å²) in [4.78, 5) is 30.4. The van der Waals surface area contributed by atoms with E-state index in [1.807, 2.05) is 29.2 Å². The summed E-state index contributed by atoms with van der Waals surface area (Å²) < 4.78 is 13.2. The molecule has 2 aromatic carbocycles. The van der Waals surface area contributed by atoms with Crippen molar-refractivity contribution in [1.82, 2.24) is 4.90 Å². The van der Waals surface area contributed by atoms with Crippen molar-refractivity contribution < 1.29 is 14.0 Å². The van der Waals surface area contributed by atoms with Crippen molar-refractivity contribution in [2.24, 2.45) is 5.92 Å². The zero-order valence-corrected chi connectivity index (χ0v) is 18.8. The molecule has 3 aliphatic rings. The van der Waals surface area contributed by atoms with Crippen molar-refractivity contribution in [1.29, 1.82) is 0 Å². The van der Waals surface area contributed by atoms with Gasteiger partial charge in [-0.2, -0.15) is 0 Å². The number of anilines is 1. The maximum atomic E-state index is 14.1. The lowest BCUT2D eigenvalue weighted by atomic mass is 10.00. The second-order valence-corrected chi connectivity index (χ2v) is 11.3. The van der Waals surface area contributed by atoms with E-state index in [2.05, 4.69) is 13.8 Å². The zero-order valence-electron chi connectivity index (χ0n) is 17.9. The number of carbonyl (C=O) groups is 2. The number of amides is 2. The minimum Gasteiger partial charge on any atom is -0.314 e. The molecule has 2 aromatic rings. The monoisotopic (exact) mass is 438 g/mol. The van der Waals surface area contributed by atoms with Gasteiger partial charge in [-0.15, -0.1) is 11.8 Å². The van der Waals surface area contributed by atoms with E-state index in [4.69, 9.17) is 0 Å². The summed E-state index contributed by atoms with van der Waals surface area (Å²) in [5.74, 6) is -0.241. The van der Waals surface area contributed by atoms with Gasteiger partial charge in [0.1, 0.15) is 5.82 Å². The van der Waals surface area contributed by atoms with Crippen LogP contribution in [0.3, 0.4) is 0 Å². The second-order valence-electron chi connectivity index (χ2n) is 9.45. The molecule has 2 heterocycles. The fraction of sp³-hybridized carbons (Fsp3) is 0.440. The number of rotatable bonds is 3. The van der Waals surface area contributed by atoms with Crippen LogP contribution in [0.15, 0.2) is 48.5 Å². The van der Waals surface area contributed by atoms with Crippen LogP contribution in [0, 0.1) is 11.7 Å². The van der Waals surface area contributed by atoms with Crippen molar-refractivity contribution in [2.75, 3.05) is 11.4 Å². The van der Waals surface area contributed by atoms with Crippen molar-refractivity contribution in [3.05, 3.63) is 65.5 Å². The Hall–Kier alpha value is -2.34. The van der Waals surface area contributed by atoms with Gasteiger partial charge in [0.05, 0.1) is 12.2 Å². The molecule has 0 N–H and O–H groups in total. The van der Waals surface area contributed by atoms with E-state index in [0.717, 1.165) is 42.5 Å². The maximum absolute atomic E-state index is 14.1. The number of benzene rings is 2. The Morgan fingerprint density at radius 1 is 1.10 bits per heavy atom. The second kappa shape index (κ2) is 7.37. The van der Waals surface area contributed by atoms with Gasteiger partial charge in [-0.25, -0.2) is 4.39 Å². The van der Waals surface area contributed by atoms with E-state index in [9.17, 15) is 14.0 Å². The van der Waals surface area contributed by atoms with Gasteiger partial charge in [-0.05, 0) is 50.5 Å². The van der Waals surface area contributed by atoms with Crippen molar-refractivity contribution in [3.8, 4) is 0 Å². The minimum atomic E-state index is -1.03. The quantitative estimate of drug-likeness (QED) is 0.672. The van der Waals surface area contributed by atoms with Crippen LogP contribution in [0.1, 0.15) is 50.7 Å². The molecule has 5 rings (SSSR count). The van der Waals surface area contributed by atoms with Crippen LogP contribution < -0.4 is 4.90 Å². The summed E-state index contributed by atoms with van der Waals surface area (Å²) in [5.41, 5.74) is 2.59. The first-order valence-electron chi connectivity index (χ1n) is 11.0. The fourth-order valence-electron chi connectivity index (χ4n) is 5.30. The average molecular weight is 439 g/mol. The molecule has 2 aliphatic heterocycles. The fourth-order valence-corrected chi connectivity index (χ4v) is 7.04. The summed E-state index contributed by atoms with van der Waals surface area (Å²) >= 11 is 1.59. The highest BCUT2D eigenvalue weighted by Gasteiger charge is 2.64. The van der Waals surface area contributed by atoms with Crippen molar-refractivity contribution >= 4 is 29.3 Å². The molecule has 1 spiro atoms. The van der Waals surface area contributed by atoms with Gasteiger partial charge >= 0.3 is 0 Å². The van der Waals surface area contributed by atoms with Gasteiger partial charge in [-0.3, -0.25) is 9.59 Å². The van der Waals surface area contributed by atoms with Crippen molar-refractivity contribution in [2.45, 2.75) is 55.7 Å². The van der Waals surface area contributed by atoms with Crippen LogP contribution in [0.25, 0.3) is 0 Å². The molecular formula is C25H27FN2O2S. The van der Waals surface area contributed by atoms with E-state index < -0.39 is 4.87 Å². The van der Waals surface area contributed by atoms with Crippen LogP contribution in [0.2, 0.25) is 0 Å². The number of hydrogen-bond acceptors (Lipinski definition) is 3. The van der Waals surface area contributed by atoms with Gasteiger partial charge in [0, 0.05) is 22.8 Å². The molecular weight excluding hydrogens is 411 g/mol. The predicted octanol–water partition coefficient (Wildman–Crippen LogP) is 5.07. The third kappa shape index (κ3) is 3.27. The van der Waals surface area contributed by atoms with Crippen LogP contribution in [0.4, 0.5) is 10.1 Å². The molecule has 2 amide bonds. The molecule has 2 fully saturated rings. The molecule has 0 radical (unpaired) electrons. The molecule has 1 atom stereocenters. The summed E-state index contributed by atoms with van der Waals surface area (Å²) in [6.45, 7) is 5.13. The Balaban J connectivity index is 1.58. The Bertz CT molecular complexity index is 1030. The average Bonchev–Trinajstić information content (AvgIpc) is 3.43. The van der Waals surface area contributed by atoms with Gasteiger partial charge in [0.25, 0.3) is 5.91 Å². The lowest BCUT2D eigenvalue weighted by Crippen LogP contribution is -2.51. The van der Waals surface area contributed by atoms with Gasteiger partial charge in [0.15, 0.2) is 4.87 Å². The molecule has 1 saturated heterocycles. The summed E-state index contributed by atoms with van der Waals surface area (Å²) in [6.07, 6.45) is 3.97. The topological polar surface area (TPSA) is 40.6 Å². The van der Waals surface area contributed by atoms with Crippen LogP contribution in [-0.4, -0.2) is 28.0 Å². The molecule has 1 saturated carbocycles. The van der Waals surface area contributed by atoms with E-state index in [1.165, 1.54) is 12.1 Å². The predicted molar refractivity (Wildman–Crippen MR) is 121 cm³/mol. The summed E-state index contributed by atoms with van der Waals surface area (Å²) in [5, 5.41) is 0. The lowest BCUT2D eigenvalue weighted by molar-refractivity contribution is -0.143. The molecule has 162 valence electrons. The first-order valence-corrected chi connectivity index (χ1v) is 11.8. The standard InChI is InChI=1S/C25H27FN2O2S/c1-24(2)16-28(22(29)18-7-3-4-8-18)25(31-24)20-9-5-6-10-21(20)27(23(25)30)15-17-11-13-19(26)14-12-17/h5-6,9-14,18H,3-4,7-8,15-16H2,1-2H3/t25-/m1/s1. The number of carbonyl (C=O) groups excluding carboxylic acids is 2. The molecule has 1 aliphatic carbocycles. The highest BCUT2D eigenvalue weighted by atomic mass is 32.2. The SMILES string of the molecule is CC1(C)CN(C(=O)C2CCCC2)[C@]2(S1)C(=O)N(Cc1ccc(F)cc1)c1ccccc12. The third-order valence-corrected chi connectivity index (χ3v) is 8.25. The molecule has 0 bridgehead atoms. The third-order valence-electron chi connectivity index (χ3n) is 6.66. The number of thioether (sulfide) groups is 1. The number of hydrogen-bond donors (Lipinski definition) is 0. The Kier molecular flexibility index (Phi) is 4.88. The molecule has 0 unspecified atom stereocenters. The summed E-state index contributed by atoms with van der Waals surface area (Å²) in [6, 6.07) is 14.1. The Morgan fingerprint density at radius 3 is 2.48 bits per heavy atom. The Morgan fingerprint density at radius 2 is 1.77 bits per heavy atom. The highest BCUT2D eigenvalue weighted by Crippen LogP contribution is 2.60. The van der Waals surface area contributed by atoms with Crippen LogP contribution in [0.5, 0.6) is 0 Å². The van der Waals surface area contributed by atoms with E-state index in [0.29, 0.717) is 13.1 Å². The van der Waals surface area contributed by atoms with E-state index in [1.54, 1.807) is 28.8 Å². The summed E-state index contributed by atoms with van der Waals surface area (Å²) in [7, 11) is 0. The molecule has 4 nitrogen and oxygen atoms in total. The minimum absolute atomic E-state index is 0.0116. The number of para-hydroxylation sites is 1. The normalized spacial score (nSPS) is 24.9.